The predicted molar refractivity (Wildman–Crippen MR) is 98.6 cm³/mol. The van der Waals surface area contributed by atoms with E-state index in [9.17, 15) is 0 Å². The Kier molecular flexibility index (Phi) is 8.20. The van der Waals surface area contributed by atoms with Gasteiger partial charge < -0.3 is 5.32 Å². The second-order valence-corrected chi connectivity index (χ2v) is 8.38. The third kappa shape index (κ3) is 5.61. The molecule has 2 rings (SSSR count). The molecule has 1 unspecified atom stereocenters. The summed E-state index contributed by atoms with van der Waals surface area (Å²) in [6, 6.07) is 3.11. The maximum Gasteiger partial charge on any atom is 0.0415 e. The van der Waals surface area contributed by atoms with Crippen LogP contribution in [0.5, 0.6) is 0 Å². The minimum atomic E-state index is 0.604. The predicted octanol–water partition coefficient (Wildman–Crippen LogP) is 5.94. The van der Waals surface area contributed by atoms with Crippen LogP contribution in [0.1, 0.15) is 80.2 Å². The lowest BCUT2D eigenvalue weighted by molar-refractivity contribution is 0.473. The SMILES string of the molecule is CCCCCCCC(NCCC)c1cc2c(s1)CCSC2. The molecule has 1 N–H and O–H groups in total. The quantitative estimate of drug-likeness (QED) is 0.534. The summed E-state index contributed by atoms with van der Waals surface area (Å²) < 4.78 is 0. The molecular weight excluding hydrogens is 294 g/mol. The average Bonchev–Trinajstić information content (AvgIpc) is 2.93. The molecule has 21 heavy (non-hydrogen) atoms. The van der Waals surface area contributed by atoms with E-state index in [2.05, 4.69) is 48.3 Å². The van der Waals surface area contributed by atoms with Gasteiger partial charge in [-0.3, -0.25) is 0 Å². The van der Waals surface area contributed by atoms with E-state index in [0.717, 1.165) is 6.54 Å². The lowest BCUT2D eigenvalue weighted by atomic mass is 10.0. The molecule has 120 valence electrons. The van der Waals surface area contributed by atoms with Crippen molar-refractivity contribution < 1.29 is 0 Å². The van der Waals surface area contributed by atoms with Crippen LogP contribution in [0.3, 0.4) is 0 Å². The first kappa shape index (κ1) is 17.4. The summed E-state index contributed by atoms with van der Waals surface area (Å²) in [6.45, 7) is 5.71. The van der Waals surface area contributed by atoms with Crippen molar-refractivity contribution in [3.8, 4) is 0 Å². The summed E-state index contributed by atoms with van der Waals surface area (Å²) in [6.07, 6.45) is 10.8. The van der Waals surface area contributed by atoms with E-state index in [4.69, 9.17) is 0 Å². The monoisotopic (exact) mass is 325 g/mol. The van der Waals surface area contributed by atoms with Gasteiger partial charge in [0.2, 0.25) is 0 Å². The minimum absolute atomic E-state index is 0.604. The van der Waals surface area contributed by atoms with Crippen molar-refractivity contribution in [2.45, 2.75) is 77.0 Å². The number of thiophene rings is 1. The number of hydrogen-bond donors (Lipinski definition) is 1. The number of rotatable bonds is 10. The van der Waals surface area contributed by atoms with Gasteiger partial charge in [0.15, 0.2) is 0 Å². The first-order valence-electron chi connectivity index (χ1n) is 8.77. The highest BCUT2D eigenvalue weighted by Gasteiger charge is 2.18. The van der Waals surface area contributed by atoms with Crippen molar-refractivity contribution >= 4 is 23.1 Å². The Labute approximate surface area is 139 Å². The van der Waals surface area contributed by atoms with Gasteiger partial charge in [-0.2, -0.15) is 11.8 Å². The molecular formula is C18H31NS2. The van der Waals surface area contributed by atoms with Crippen molar-refractivity contribution in [2.24, 2.45) is 0 Å². The maximum atomic E-state index is 3.79. The van der Waals surface area contributed by atoms with E-state index < -0.39 is 0 Å². The molecule has 0 saturated carbocycles. The topological polar surface area (TPSA) is 12.0 Å². The van der Waals surface area contributed by atoms with Gasteiger partial charge in [-0.1, -0.05) is 46.0 Å². The van der Waals surface area contributed by atoms with Crippen molar-refractivity contribution in [2.75, 3.05) is 12.3 Å². The van der Waals surface area contributed by atoms with E-state index in [1.54, 1.807) is 15.3 Å². The van der Waals surface area contributed by atoms with Crippen molar-refractivity contribution in [3.63, 3.8) is 0 Å². The highest BCUT2D eigenvalue weighted by Crippen LogP contribution is 2.35. The highest BCUT2D eigenvalue weighted by molar-refractivity contribution is 7.98. The molecule has 0 spiro atoms. The van der Waals surface area contributed by atoms with Gasteiger partial charge in [-0.25, -0.2) is 0 Å². The molecule has 0 aromatic carbocycles. The lowest BCUT2D eigenvalue weighted by Crippen LogP contribution is -2.21. The first-order chi connectivity index (χ1) is 10.3. The molecule has 0 bridgehead atoms. The Hall–Kier alpha value is 0.01000. The van der Waals surface area contributed by atoms with Gasteiger partial charge in [0.05, 0.1) is 0 Å². The molecule has 1 aliphatic heterocycles. The Balaban J connectivity index is 1.89. The van der Waals surface area contributed by atoms with E-state index in [-0.39, 0.29) is 0 Å². The molecule has 1 aromatic rings. The summed E-state index contributed by atoms with van der Waals surface area (Å²) in [5, 5.41) is 3.79. The van der Waals surface area contributed by atoms with Crippen LogP contribution in [0, 0.1) is 0 Å². The van der Waals surface area contributed by atoms with Crippen molar-refractivity contribution in [1.29, 1.82) is 0 Å². The second kappa shape index (κ2) is 9.91. The Morgan fingerprint density at radius 3 is 2.76 bits per heavy atom. The van der Waals surface area contributed by atoms with Crippen LogP contribution in [0.15, 0.2) is 6.07 Å². The molecule has 1 aromatic heterocycles. The molecule has 0 fully saturated rings. The largest absolute Gasteiger partial charge is 0.309 e. The number of aryl methyl sites for hydroxylation is 1. The zero-order chi connectivity index (χ0) is 14.9. The summed E-state index contributed by atoms with van der Waals surface area (Å²) in [5.74, 6) is 2.56. The van der Waals surface area contributed by atoms with Crippen LogP contribution >= 0.6 is 23.1 Å². The molecule has 0 radical (unpaired) electrons. The maximum absolute atomic E-state index is 3.79. The first-order valence-corrected chi connectivity index (χ1v) is 10.7. The molecule has 1 atom stereocenters. The van der Waals surface area contributed by atoms with E-state index in [1.165, 1.54) is 62.9 Å². The van der Waals surface area contributed by atoms with E-state index >= 15 is 0 Å². The number of hydrogen-bond acceptors (Lipinski definition) is 3. The van der Waals surface area contributed by atoms with Crippen molar-refractivity contribution in [1.82, 2.24) is 5.32 Å². The summed E-state index contributed by atoms with van der Waals surface area (Å²) >= 11 is 4.18. The van der Waals surface area contributed by atoms with Gasteiger partial charge >= 0.3 is 0 Å². The van der Waals surface area contributed by atoms with Crippen LogP contribution in [0.2, 0.25) is 0 Å². The van der Waals surface area contributed by atoms with Gasteiger partial charge in [0.25, 0.3) is 0 Å². The van der Waals surface area contributed by atoms with Crippen LogP contribution in [-0.4, -0.2) is 12.3 Å². The Morgan fingerprint density at radius 2 is 2.00 bits per heavy atom. The Morgan fingerprint density at radius 1 is 1.14 bits per heavy atom. The fourth-order valence-electron chi connectivity index (χ4n) is 2.96. The third-order valence-corrected chi connectivity index (χ3v) is 6.59. The molecule has 1 nitrogen and oxygen atoms in total. The van der Waals surface area contributed by atoms with Gasteiger partial charge in [0.1, 0.15) is 0 Å². The van der Waals surface area contributed by atoms with Crippen LogP contribution in [0.25, 0.3) is 0 Å². The van der Waals surface area contributed by atoms with Crippen molar-refractivity contribution in [3.05, 3.63) is 21.4 Å². The molecule has 0 amide bonds. The van der Waals surface area contributed by atoms with Crippen LogP contribution in [0.4, 0.5) is 0 Å². The number of fused-ring (bicyclic) bond motifs is 1. The van der Waals surface area contributed by atoms with Gasteiger partial charge in [-0.05, 0) is 43.2 Å². The minimum Gasteiger partial charge on any atom is -0.309 e. The fourth-order valence-corrected chi connectivity index (χ4v) is 5.44. The molecule has 0 saturated heterocycles. The zero-order valence-electron chi connectivity index (χ0n) is 13.7. The number of nitrogens with one attached hydrogen (secondary N) is 1. The van der Waals surface area contributed by atoms with Crippen LogP contribution < -0.4 is 5.32 Å². The normalized spacial score (nSPS) is 15.9. The molecule has 1 aliphatic rings. The van der Waals surface area contributed by atoms with Gasteiger partial charge in [0, 0.05) is 21.5 Å². The van der Waals surface area contributed by atoms with Crippen LogP contribution in [-0.2, 0) is 12.2 Å². The number of unbranched alkanes of at least 4 members (excludes halogenated alkanes) is 4. The summed E-state index contributed by atoms with van der Waals surface area (Å²) in [7, 11) is 0. The molecule has 0 aliphatic carbocycles. The number of thioether (sulfide) groups is 1. The highest BCUT2D eigenvalue weighted by atomic mass is 32.2. The molecule has 3 heteroatoms. The lowest BCUT2D eigenvalue weighted by Gasteiger charge is -2.17. The summed E-state index contributed by atoms with van der Waals surface area (Å²) in [5.41, 5.74) is 1.63. The standard InChI is InChI=1S/C18H31NS2/c1-3-5-6-7-8-9-16(19-11-4-2)18-13-15-14-20-12-10-17(15)21-18/h13,16,19H,3-12,14H2,1-2H3. The van der Waals surface area contributed by atoms with Gasteiger partial charge in [-0.15, -0.1) is 11.3 Å². The second-order valence-electron chi connectivity index (χ2n) is 6.11. The Bertz CT molecular complexity index is 376. The summed E-state index contributed by atoms with van der Waals surface area (Å²) in [4.78, 5) is 3.27. The van der Waals surface area contributed by atoms with E-state index in [0.29, 0.717) is 6.04 Å². The van der Waals surface area contributed by atoms with E-state index in [1.807, 2.05) is 0 Å². The fraction of sp³-hybridized carbons (Fsp3) is 0.778. The third-order valence-electron chi connectivity index (χ3n) is 4.23. The molecule has 2 heterocycles. The zero-order valence-corrected chi connectivity index (χ0v) is 15.4. The smallest absolute Gasteiger partial charge is 0.0415 e. The average molecular weight is 326 g/mol.